The summed E-state index contributed by atoms with van der Waals surface area (Å²) in [7, 11) is 0. The van der Waals surface area contributed by atoms with Crippen LogP contribution in [0.4, 0.5) is 0 Å². The number of hydrogen-bond acceptors (Lipinski definition) is 3. The zero-order valence-electron chi connectivity index (χ0n) is 9.91. The molecule has 3 aliphatic rings. The van der Waals surface area contributed by atoms with Gasteiger partial charge in [-0.1, -0.05) is 0 Å². The second-order valence-electron chi connectivity index (χ2n) is 6.12. The normalized spacial score (nSPS) is 55.1. The number of ketones is 1. The molecule has 0 unspecified atom stereocenters. The number of rotatable bonds is 1. The third-order valence-corrected chi connectivity index (χ3v) is 5.21. The molecule has 0 radical (unpaired) electrons. The molecule has 0 amide bonds. The molecule has 0 aromatic heterocycles. The van der Waals surface area contributed by atoms with Crippen molar-refractivity contribution in [2.75, 3.05) is 0 Å². The molecule has 0 aromatic carbocycles. The van der Waals surface area contributed by atoms with Gasteiger partial charge in [-0.2, -0.15) is 0 Å². The summed E-state index contributed by atoms with van der Waals surface area (Å²) in [6, 6.07) is 0. The highest BCUT2D eigenvalue weighted by Gasteiger charge is 2.72. The number of aldehydes is 1. The molecule has 16 heavy (non-hydrogen) atoms. The third kappa shape index (κ3) is 1.03. The first-order chi connectivity index (χ1) is 7.46. The van der Waals surface area contributed by atoms with Crippen LogP contribution in [0.15, 0.2) is 0 Å². The Morgan fingerprint density at radius 3 is 2.81 bits per heavy atom. The highest BCUT2D eigenvalue weighted by Crippen LogP contribution is 2.65. The van der Waals surface area contributed by atoms with Gasteiger partial charge in [0.05, 0.1) is 16.6 Å². The predicted octanol–water partition coefficient (Wildman–Crippen LogP) is 1.88. The Kier molecular flexibility index (Phi) is 1.80. The van der Waals surface area contributed by atoms with Crippen LogP contribution in [0.2, 0.25) is 0 Å². The Morgan fingerprint density at radius 1 is 1.38 bits per heavy atom. The molecule has 0 aromatic rings. The quantitative estimate of drug-likeness (QED) is 0.386. The summed E-state index contributed by atoms with van der Waals surface area (Å²) in [5, 5.41) is 0. The summed E-state index contributed by atoms with van der Waals surface area (Å²) in [5.41, 5.74) is -1.04. The lowest BCUT2D eigenvalue weighted by Gasteiger charge is -2.44. The molecule has 0 spiro atoms. The summed E-state index contributed by atoms with van der Waals surface area (Å²) in [6.07, 6.45) is 4.90. The van der Waals surface area contributed by atoms with E-state index >= 15 is 0 Å². The van der Waals surface area contributed by atoms with Crippen molar-refractivity contribution in [2.24, 2.45) is 11.3 Å². The lowest BCUT2D eigenvalue weighted by molar-refractivity contribution is -0.144. The van der Waals surface area contributed by atoms with Gasteiger partial charge in [-0.3, -0.25) is 4.79 Å². The predicted molar refractivity (Wildman–Crippen MR) is 58.0 cm³/mol. The van der Waals surface area contributed by atoms with Gasteiger partial charge in [-0.15, -0.1) is 0 Å². The van der Waals surface area contributed by atoms with Gasteiger partial charge in [0.1, 0.15) is 12.1 Å². The lowest BCUT2D eigenvalue weighted by Crippen LogP contribution is -2.51. The van der Waals surface area contributed by atoms with E-state index in [0.717, 1.165) is 25.5 Å². The molecule has 0 N–H and O–H groups in total. The number of epoxide rings is 1. The molecular formula is C13H18O3. The fourth-order valence-electron chi connectivity index (χ4n) is 3.94. The summed E-state index contributed by atoms with van der Waals surface area (Å²) in [5.74, 6) is 0.365. The van der Waals surface area contributed by atoms with Crippen LogP contribution < -0.4 is 0 Å². The highest BCUT2D eigenvalue weighted by molar-refractivity contribution is 5.99. The number of carbonyl (C=O) groups excluding carboxylic acids is 2. The van der Waals surface area contributed by atoms with Crippen molar-refractivity contribution in [1.29, 1.82) is 0 Å². The van der Waals surface area contributed by atoms with E-state index in [1.807, 2.05) is 6.92 Å². The zero-order valence-corrected chi connectivity index (χ0v) is 9.91. The molecule has 3 rings (SSSR count). The minimum Gasteiger partial charge on any atom is -0.363 e. The van der Waals surface area contributed by atoms with Gasteiger partial charge in [0.15, 0.2) is 0 Å². The molecule has 3 heteroatoms. The van der Waals surface area contributed by atoms with E-state index in [2.05, 4.69) is 6.92 Å². The van der Waals surface area contributed by atoms with Crippen molar-refractivity contribution < 1.29 is 14.3 Å². The first-order valence-corrected chi connectivity index (χ1v) is 6.16. The van der Waals surface area contributed by atoms with Crippen LogP contribution in [0.3, 0.4) is 0 Å². The Balaban J connectivity index is 2.00. The van der Waals surface area contributed by atoms with Gasteiger partial charge in [0.2, 0.25) is 0 Å². The molecule has 1 heterocycles. The first kappa shape index (κ1) is 10.5. The Labute approximate surface area is 95.5 Å². The molecule has 0 bridgehead atoms. The number of fused-ring (bicyclic) bond motifs is 2. The minimum absolute atomic E-state index is 0.0816. The molecule has 88 valence electrons. The van der Waals surface area contributed by atoms with Crippen molar-refractivity contribution in [3.8, 4) is 0 Å². The van der Waals surface area contributed by atoms with Crippen molar-refractivity contribution in [3.05, 3.63) is 0 Å². The van der Waals surface area contributed by atoms with E-state index < -0.39 is 5.41 Å². The van der Waals surface area contributed by atoms with E-state index in [1.54, 1.807) is 0 Å². The number of Topliss-reactive ketones (excluding diaryl/α,β-unsaturated/α-hetero) is 1. The van der Waals surface area contributed by atoms with Crippen LogP contribution >= 0.6 is 0 Å². The van der Waals surface area contributed by atoms with Gasteiger partial charge in [-0.05, 0) is 45.4 Å². The maximum absolute atomic E-state index is 12.1. The van der Waals surface area contributed by atoms with E-state index in [1.165, 1.54) is 0 Å². The molecular weight excluding hydrogens is 204 g/mol. The number of carbonyl (C=O) groups is 2. The van der Waals surface area contributed by atoms with Crippen LogP contribution in [-0.2, 0) is 14.3 Å². The molecule has 4 atom stereocenters. The van der Waals surface area contributed by atoms with Crippen LogP contribution in [-0.4, -0.2) is 23.3 Å². The fourth-order valence-corrected chi connectivity index (χ4v) is 3.94. The van der Waals surface area contributed by atoms with Gasteiger partial charge < -0.3 is 9.53 Å². The van der Waals surface area contributed by atoms with Crippen molar-refractivity contribution in [1.82, 2.24) is 0 Å². The smallest absolute Gasteiger partial charge is 0.146 e. The van der Waals surface area contributed by atoms with E-state index in [0.29, 0.717) is 12.8 Å². The van der Waals surface area contributed by atoms with Gasteiger partial charge >= 0.3 is 0 Å². The van der Waals surface area contributed by atoms with Crippen molar-refractivity contribution in [2.45, 2.75) is 57.2 Å². The summed E-state index contributed by atoms with van der Waals surface area (Å²) in [4.78, 5) is 23.6. The van der Waals surface area contributed by atoms with E-state index in [9.17, 15) is 9.59 Å². The van der Waals surface area contributed by atoms with Crippen molar-refractivity contribution >= 4 is 12.1 Å². The van der Waals surface area contributed by atoms with Crippen molar-refractivity contribution in [3.63, 3.8) is 0 Å². The fraction of sp³-hybridized carbons (Fsp3) is 0.846. The largest absolute Gasteiger partial charge is 0.363 e. The minimum atomic E-state index is -0.719. The van der Waals surface area contributed by atoms with Gasteiger partial charge in [0, 0.05) is 6.42 Å². The monoisotopic (exact) mass is 222 g/mol. The molecule has 3 fully saturated rings. The zero-order chi connectivity index (χ0) is 11.6. The van der Waals surface area contributed by atoms with Crippen LogP contribution in [0.1, 0.15) is 46.0 Å². The summed E-state index contributed by atoms with van der Waals surface area (Å²) >= 11 is 0. The maximum Gasteiger partial charge on any atom is 0.146 e. The molecule has 3 nitrogen and oxygen atoms in total. The Bertz CT molecular complexity index is 377. The average molecular weight is 222 g/mol. The van der Waals surface area contributed by atoms with Crippen LogP contribution in [0.25, 0.3) is 0 Å². The van der Waals surface area contributed by atoms with Gasteiger partial charge in [-0.25, -0.2) is 0 Å². The first-order valence-electron chi connectivity index (χ1n) is 6.16. The number of ether oxygens (including phenoxy) is 1. The van der Waals surface area contributed by atoms with E-state index in [-0.39, 0.29) is 22.9 Å². The molecule has 1 saturated heterocycles. The maximum atomic E-state index is 12.1. The SMILES string of the molecule is C[C@@]12C[C@H]3CCCC(=O)[C@]3(C=O)C[C@]1(C)O2. The van der Waals surface area contributed by atoms with Crippen LogP contribution in [0, 0.1) is 11.3 Å². The molecule has 1 aliphatic heterocycles. The number of hydrogen-bond donors (Lipinski definition) is 0. The molecule has 2 saturated carbocycles. The third-order valence-electron chi connectivity index (χ3n) is 5.21. The Morgan fingerprint density at radius 2 is 2.12 bits per heavy atom. The summed E-state index contributed by atoms with van der Waals surface area (Å²) in [6.45, 7) is 4.15. The average Bonchev–Trinajstić information content (AvgIpc) is 2.77. The van der Waals surface area contributed by atoms with Crippen LogP contribution in [0.5, 0.6) is 0 Å². The lowest BCUT2D eigenvalue weighted by atomic mass is 9.55. The second-order valence-corrected chi connectivity index (χ2v) is 6.12. The van der Waals surface area contributed by atoms with Gasteiger partial charge in [0.25, 0.3) is 0 Å². The highest BCUT2D eigenvalue weighted by atomic mass is 16.6. The standard InChI is InChI=1S/C13H18O3/c1-11-6-9-4-3-5-10(15)13(9,8-14)7-12(11,2)16-11/h8-9H,3-7H2,1-2H3/t9-,11-,12+,13+/m1/s1. The van der Waals surface area contributed by atoms with E-state index in [4.69, 9.17) is 4.74 Å². The topological polar surface area (TPSA) is 46.7 Å². The summed E-state index contributed by atoms with van der Waals surface area (Å²) < 4.78 is 5.81. The Hall–Kier alpha value is -0.700. The second kappa shape index (κ2) is 2.76. The molecule has 2 aliphatic carbocycles.